The molecular formula is C28H24ClIN2O5S. The van der Waals surface area contributed by atoms with Crippen LogP contribution < -0.4 is 14.8 Å². The molecule has 0 spiro atoms. The average Bonchev–Trinajstić information content (AvgIpc) is 3.12. The maximum absolute atomic E-state index is 13.0. The number of benzene rings is 3. The summed E-state index contributed by atoms with van der Waals surface area (Å²) in [4.78, 5) is 39.5. The number of carbonyl (C=O) groups is 3. The summed E-state index contributed by atoms with van der Waals surface area (Å²) in [7, 11) is 0. The van der Waals surface area contributed by atoms with Crippen molar-refractivity contribution >= 4 is 74.8 Å². The molecular weight excluding hydrogens is 639 g/mol. The van der Waals surface area contributed by atoms with Gasteiger partial charge >= 0.3 is 0 Å². The molecule has 10 heteroatoms. The predicted octanol–water partition coefficient (Wildman–Crippen LogP) is 6.91. The summed E-state index contributed by atoms with van der Waals surface area (Å²) >= 11 is 9.18. The highest BCUT2D eigenvalue weighted by molar-refractivity contribution is 14.1. The van der Waals surface area contributed by atoms with Crippen LogP contribution in [0, 0.1) is 10.5 Å². The first-order chi connectivity index (χ1) is 18.2. The van der Waals surface area contributed by atoms with Gasteiger partial charge in [0.2, 0.25) is 0 Å². The third-order valence-electron chi connectivity index (χ3n) is 5.44. The van der Waals surface area contributed by atoms with Gasteiger partial charge in [-0.1, -0.05) is 41.9 Å². The van der Waals surface area contributed by atoms with E-state index in [1.165, 1.54) is 4.90 Å². The molecule has 1 aliphatic rings. The highest BCUT2D eigenvalue weighted by Crippen LogP contribution is 2.38. The molecule has 0 bridgehead atoms. The van der Waals surface area contributed by atoms with Crippen molar-refractivity contribution in [3.63, 3.8) is 0 Å². The topological polar surface area (TPSA) is 84.9 Å². The number of rotatable bonds is 9. The van der Waals surface area contributed by atoms with E-state index >= 15 is 0 Å². The van der Waals surface area contributed by atoms with E-state index in [9.17, 15) is 14.4 Å². The Kier molecular flexibility index (Phi) is 9.35. The fourth-order valence-electron chi connectivity index (χ4n) is 3.72. The smallest absolute Gasteiger partial charge is 0.293 e. The Morgan fingerprint density at radius 3 is 2.63 bits per heavy atom. The number of carbonyl (C=O) groups excluding carboxylic acids is 3. The van der Waals surface area contributed by atoms with Gasteiger partial charge in [-0.2, -0.15) is 0 Å². The van der Waals surface area contributed by atoms with Crippen molar-refractivity contribution in [2.75, 3.05) is 18.5 Å². The van der Waals surface area contributed by atoms with E-state index in [-0.39, 0.29) is 30.2 Å². The molecule has 0 radical (unpaired) electrons. The van der Waals surface area contributed by atoms with Crippen LogP contribution in [-0.4, -0.2) is 35.2 Å². The van der Waals surface area contributed by atoms with Gasteiger partial charge in [0.1, 0.15) is 0 Å². The van der Waals surface area contributed by atoms with Gasteiger partial charge in [-0.05, 0) is 101 Å². The van der Waals surface area contributed by atoms with Crippen LogP contribution in [-0.2, 0) is 16.1 Å². The molecule has 0 aliphatic carbocycles. The summed E-state index contributed by atoms with van der Waals surface area (Å²) in [6, 6.07) is 18.1. The molecule has 3 aromatic rings. The first kappa shape index (κ1) is 28.0. The molecule has 1 heterocycles. The Hall–Kier alpha value is -3.02. The number of amides is 3. The molecule has 1 saturated heterocycles. The summed E-state index contributed by atoms with van der Waals surface area (Å²) in [6.45, 7) is 4.06. The number of nitrogens with zero attached hydrogens (tertiary/aromatic N) is 1. The van der Waals surface area contributed by atoms with Gasteiger partial charge in [0.25, 0.3) is 17.1 Å². The minimum absolute atomic E-state index is 0.0980. The fourth-order valence-corrected chi connectivity index (χ4v) is 5.53. The highest BCUT2D eigenvalue weighted by atomic mass is 127. The van der Waals surface area contributed by atoms with E-state index in [4.69, 9.17) is 21.1 Å². The van der Waals surface area contributed by atoms with E-state index < -0.39 is 0 Å². The molecule has 1 fully saturated rings. The molecule has 38 heavy (non-hydrogen) atoms. The Morgan fingerprint density at radius 1 is 1.11 bits per heavy atom. The van der Waals surface area contributed by atoms with Crippen LogP contribution in [0.4, 0.5) is 10.5 Å². The van der Waals surface area contributed by atoms with Crippen molar-refractivity contribution < 1.29 is 23.9 Å². The van der Waals surface area contributed by atoms with Crippen LogP contribution in [0.5, 0.6) is 11.5 Å². The summed E-state index contributed by atoms with van der Waals surface area (Å²) in [5.41, 5.74) is 3.09. The number of ether oxygens (including phenoxy) is 2. The van der Waals surface area contributed by atoms with E-state index in [0.717, 1.165) is 17.3 Å². The molecule has 1 N–H and O–H groups in total. The third-order valence-corrected chi connectivity index (χ3v) is 7.52. The number of hydrogen-bond acceptors (Lipinski definition) is 6. The first-order valence-corrected chi connectivity index (χ1v) is 14.0. The lowest BCUT2D eigenvalue weighted by molar-refractivity contribution is -0.123. The molecule has 0 atom stereocenters. The van der Waals surface area contributed by atoms with Crippen molar-refractivity contribution in [1.82, 2.24) is 4.90 Å². The van der Waals surface area contributed by atoms with Crippen LogP contribution in [0.3, 0.4) is 0 Å². The average molecular weight is 663 g/mol. The Labute approximate surface area is 243 Å². The molecule has 0 unspecified atom stereocenters. The first-order valence-electron chi connectivity index (χ1n) is 11.7. The summed E-state index contributed by atoms with van der Waals surface area (Å²) in [5, 5.41) is 2.95. The number of nitrogens with one attached hydrogen (secondary N) is 1. The van der Waals surface area contributed by atoms with Crippen LogP contribution >= 0.6 is 46.0 Å². The Morgan fingerprint density at radius 2 is 1.89 bits per heavy atom. The molecule has 196 valence electrons. The summed E-state index contributed by atoms with van der Waals surface area (Å²) in [5.74, 6) is 0.172. The molecule has 3 amide bonds. The monoisotopic (exact) mass is 662 g/mol. The van der Waals surface area contributed by atoms with Crippen LogP contribution in [0.1, 0.15) is 23.6 Å². The molecule has 0 aromatic heterocycles. The standard InChI is InChI=1S/C28H24ClIN2O5S/c1-3-36-23-13-18(12-22(30)26(23)37-16-25(33)31-20-9-6-7-17(2)11-20)14-24-27(34)32(28(35)38-24)15-19-8-4-5-10-21(19)29/h4-14H,3,15-16H2,1-2H3,(H,31,33)/b24-14-. The molecule has 4 rings (SSSR count). The number of thioether (sulfide) groups is 1. The van der Waals surface area contributed by atoms with E-state index in [1.54, 1.807) is 36.4 Å². The lowest BCUT2D eigenvalue weighted by Crippen LogP contribution is -2.27. The van der Waals surface area contributed by atoms with Gasteiger partial charge in [-0.15, -0.1) is 0 Å². The SMILES string of the molecule is CCOc1cc(/C=C2\SC(=O)N(Cc3ccccc3Cl)C2=O)cc(I)c1OCC(=O)Nc1cccc(C)c1. The number of imide groups is 1. The normalized spacial score (nSPS) is 14.2. The van der Waals surface area contributed by atoms with Crippen LogP contribution in [0.25, 0.3) is 6.08 Å². The Balaban J connectivity index is 1.50. The molecule has 7 nitrogen and oxygen atoms in total. The van der Waals surface area contributed by atoms with E-state index in [1.807, 2.05) is 44.2 Å². The lowest BCUT2D eigenvalue weighted by Gasteiger charge is -2.15. The molecule has 1 aliphatic heterocycles. The van der Waals surface area contributed by atoms with Gasteiger partial charge in [0.05, 0.1) is 21.6 Å². The van der Waals surface area contributed by atoms with E-state index in [0.29, 0.717) is 48.4 Å². The largest absolute Gasteiger partial charge is 0.490 e. The third kappa shape index (κ3) is 6.89. The van der Waals surface area contributed by atoms with Crippen molar-refractivity contribution in [3.8, 4) is 11.5 Å². The van der Waals surface area contributed by atoms with Gasteiger partial charge in [-0.25, -0.2) is 0 Å². The van der Waals surface area contributed by atoms with Crippen molar-refractivity contribution in [2.24, 2.45) is 0 Å². The van der Waals surface area contributed by atoms with Gasteiger partial charge < -0.3 is 14.8 Å². The van der Waals surface area contributed by atoms with Gasteiger partial charge in [-0.3, -0.25) is 19.3 Å². The highest BCUT2D eigenvalue weighted by Gasteiger charge is 2.35. The summed E-state index contributed by atoms with van der Waals surface area (Å²) < 4.78 is 12.3. The molecule has 0 saturated carbocycles. The second kappa shape index (κ2) is 12.7. The second-order valence-corrected chi connectivity index (χ2v) is 10.9. The summed E-state index contributed by atoms with van der Waals surface area (Å²) in [6.07, 6.45) is 1.65. The Bertz CT molecular complexity index is 1430. The minimum Gasteiger partial charge on any atom is -0.490 e. The van der Waals surface area contributed by atoms with Gasteiger partial charge in [0, 0.05) is 10.7 Å². The number of hydrogen-bond donors (Lipinski definition) is 1. The molecule has 3 aromatic carbocycles. The van der Waals surface area contributed by atoms with Crippen LogP contribution in [0.15, 0.2) is 65.6 Å². The maximum Gasteiger partial charge on any atom is 0.293 e. The predicted molar refractivity (Wildman–Crippen MR) is 159 cm³/mol. The number of anilines is 1. The fraction of sp³-hybridized carbons (Fsp3) is 0.179. The zero-order chi connectivity index (χ0) is 27.2. The second-order valence-electron chi connectivity index (χ2n) is 8.33. The van der Waals surface area contributed by atoms with E-state index in [2.05, 4.69) is 27.9 Å². The van der Waals surface area contributed by atoms with Gasteiger partial charge in [0.15, 0.2) is 18.1 Å². The van der Waals surface area contributed by atoms with Crippen LogP contribution in [0.2, 0.25) is 5.02 Å². The van der Waals surface area contributed by atoms with Crippen molar-refractivity contribution in [1.29, 1.82) is 0 Å². The van der Waals surface area contributed by atoms with Crippen molar-refractivity contribution in [2.45, 2.75) is 20.4 Å². The van der Waals surface area contributed by atoms with Crippen molar-refractivity contribution in [3.05, 3.63) is 90.9 Å². The number of aryl methyl sites for hydroxylation is 1. The maximum atomic E-state index is 13.0. The quantitative estimate of drug-likeness (QED) is 0.198. The zero-order valence-electron chi connectivity index (χ0n) is 20.6. The zero-order valence-corrected chi connectivity index (χ0v) is 24.4. The minimum atomic E-state index is -0.388. The lowest BCUT2D eigenvalue weighted by atomic mass is 10.1. The number of halogens is 2.